The highest BCUT2D eigenvalue weighted by atomic mass is 19.1. The number of anilines is 1. The quantitative estimate of drug-likeness (QED) is 0.295. The van der Waals surface area contributed by atoms with Gasteiger partial charge in [0, 0.05) is 17.2 Å². The molecule has 0 amide bonds. The van der Waals surface area contributed by atoms with Gasteiger partial charge < -0.3 is 15.2 Å². The fraction of sp³-hybridized carbons (Fsp3) is 0.242. The van der Waals surface area contributed by atoms with Crippen LogP contribution in [0.15, 0.2) is 102 Å². The molecule has 5 rings (SSSR count). The molecule has 2 aliphatic rings. The molecule has 0 unspecified atom stereocenters. The summed E-state index contributed by atoms with van der Waals surface area (Å²) >= 11 is 0. The SMILES string of the molecule is CCOC(=O)C1=C(N)N(c2ccccc2F)C2=C(C(=O)[C@H](C(=O)OCC)[C@H](c3ccccc3)C2)[C@@H]1c1ccc(F)cc1. The highest BCUT2D eigenvalue weighted by Crippen LogP contribution is 2.51. The molecule has 0 fully saturated rings. The number of nitrogens with zero attached hydrogens (tertiary/aromatic N) is 1. The van der Waals surface area contributed by atoms with Crippen molar-refractivity contribution in [1.82, 2.24) is 0 Å². The van der Waals surface area contributed by atoms with Gasteiger partial charge in [-0.05, 0) is 55.7 Å². The van der Waals surface area contributed by atoms with Gasteiger partial charge in [-0.2, -0.15) is 0 Å². The molecule has 0 aromatic heterocycles. The Bertz CT molecular complexity index is 1580. The standard InChI is InChI=1S/C33H30F2N2O5/c1-3-41-32(39)27-22(19-10-6-5-7-11-19)18-25-28(30(27)38)26(20-14-16-21(34)17-15-20)29(33(40)42-4-2)31(36)37(25)24-13-9-8-12-23(24)35/h5-17,22,26-27H,3-4,18,36H2,1-2H3/t22-,26-,27+/m0/s1. The number of halogens is 2. The van der Waals surface area contributed by atoms with Crippen molar-refractivity contribution in [2.24, 2.45) is 11.7 Å². The molecule has 0 bridgehead atoms. The second kappa shape index (κ2) is 12.0. The van der Waals surface area contributed by atoms with Crippen molar-refractivity contribution in [3.63, 3.8) is 0 Å². The molecule has 1 heterocycles. The third-order valence-electron chi connectivity index (χ3n) is 7.60. The van der Waals surface area contributed by atoms with Crippen LogP contribution in [0.25, 0.3) is 0 Å². The number of hydrogen-bond acceptors (Lipinski definition) is 7. The first-order valence-electron chi connectivity index (χ1n) is 13.7. The van der Waals surface area contributed by atoms with Gasteiger partial charge >= 0.3 is 11.9 Å². The van der Waals surface area contributed by atoms with E-state index in [1.165, 1.54) is 47.4 Å². The molecule has 42 heavy (non-hydrogen) atoms. The number of Topliss-reactive ketones (excluding diaryl/α,β-unsaturated/α-hetero) is 1. The van der Waals surface area contributed by atoms with E-state index in [1.807, 2.05) is 18.2 Å². The van der Waals surface area contributed by atoms with Crippen LogP contribution in [0, 0.1) is 17.6 Å². The lowest BCUT2D eigenvalue weighted by molar-refractivity contribution is -0.152. The Morgan fingerprint density at radius 2 is 1.52 bits per heavy atom. The summed E-state index contributed by atoms with van der Waals surface area (Å²) in [5.74, 6) is -6.42. The van der Waals surface area contributed by atoms with Crippen molar-refractivity contribution in [3.05, 3.63) is 124 Å². The van der Waals surface area contributed by atoms with E-state index in [4.69, 9.17) is 15.2 Å². The third kappa shape index (κ3) is 5.06. The summed E-state index contributed by atoms with van der Waals surface area (Å²) < 4.78 is 40.2. The molecule has 3 atom stereocenters. The van der Waals surface area contributed by atoms with Crippen molar-refractivity contribution >= 4 is 23.4 Å². The maximum absolute atomic E-state index is 15.4. The highest BCUT2D eigenvalue weighted by Gasteiger charge is 2.51. The van der Waals surface area contributed by atoms with Crippen molar-refractivity contribution in [2.75, 3.05) is 18.1 Å². The van der Waals surface area contributed by atoms with E-state index in [9.17, 15) is 18.8 Å². The second-order valence-corrected chi connectivity index (χ2v) is 9.97. The first-order chi connectivity index (χ1) is 20.3. The maximum atomic E-state index is 15.4. The van der Waals surface area contributed by atoms with E-state index < -0.39 is 47.1 Å². The smallest absolute Gasteiger partial charge is 0.338 e. The second-order valence-electron chi connectivity index (χ2n) is 9.97. The Balaban J connectivity index is 1.83. The Kier molecular flexibility index (Phi) is 8.20. The lowest BCUT2D eigenvalue weighted by Gasteiger charge is -2.44. The van der Waals surface area contributed by atoms with E-state index >= 15 is 4.39 Å². The molecule has 0 saturated carbocycles. The summed E-state index contributed by atoms with van der Waals surface area (Å²) in [6.07, 6.45) is 0.0946. The molecule has 3 aromatic carbocycles. The molecule has 9 heteroatoms. The van der Waals surface area contributed by atoms with Crippen LogP contribution in [0.1, 0.15) is 43.2 Å². The zero-order valence-electron chi connectivity index (χ0n) is 23.2. The van der Waals surface area contributed by atoms with Gasteiger partial charge in [0.15, 0.2) is 5.78 Å². The van der Waals surface area contributed by atoms with Crippen LogP contribution >= 0.6 is 0 Å². The zero-order valence-corrected chi connectivity index (χ0v) is 23.2. The van der Waals surface area contributed by atoms with Gasteiger partial charge in [-0.25, -0.2) is 13.6 Å². The predicted molar refractivity (Wildman–Crippen MR) is 152 cm³/mol. The van der Waals surface area contributed by atoms with E-state index in [2.05, 4.69) is 0 Å². The van der Waals surface area contributed by atoms with Crippen molar-refractivity contribution in [2.45, 2.75) is 32.1 Å². The summed E-state index contributed by atoms with van der Waals surface area (Å²) in [6.45, 7) is 3.33. The van der Waals surface area contributed by atoms with Crippen LogP contribution in [0.3, 0.4) is 0 Å². The molecule has 1 aliphatic carbocycles. The van der Waals surface area contributed by atoms with Gasteiger partial charge in [0.2, 0.25) is 0 Å². The number of carbonyl (C=O) groups excluding carboxylic acids is 3. The molecule has 0 saturated heterocycles. The number of nitrogens with two attached hydrogens (primary N) is 1. The van der Waals surface area contributed by atoms with E-state index in [0.29, 0.717) is 16.8 Å². The first kappa shape index (κ1) is 28.7. The molecule has 0 spiro atoms. The fourth-order valence-electron chi connectivity index (χ4n) is 5.85. The minimum atomic E-state index is -1.25. The summed E-state index contributed by atoms with van der Waals surface area (Å²) in [6, 6.07) is 20.2. The number of esters is 2. The lowest BCUT2D eigenvalue weighted by Crippen LogP contribution is -2.46. The molecule has 0 radical (unpaired) electrons. The Morgan fingerprint density at radius 1 is 0.881 bits per heavy atom. The Morgan fingerprint density at radius 3 is 2.17 bits per heavy atom. The summed E-state index contributed by atoms with van der Waals surface area (Å²) in [4.78, 5) is 43.0. The molecule has 3 aromatic rings. The molecule has 7 nitrogen and oxygen atoms in total. The number of allylic oxidation sites excluding steroid dienone is 2. The highest BCUT2D eigenvalue weighted by molar-refractivity contribution is 6.14. The number of ketones is 1. The van der Waals surface area contributed by atoms with E-state index in [-0.39, 0.29) is 42.3 Å². The summed E-state index contributed by atoms with van der Waals surface area (Å²) in [5.41, 5.74) is 8.14. The average Bonchev–Trinajstić information content (AvgIpc) is 2.98. The topological polar surface area (TPSA) is 98.9 Å². The Labute approximate surface area is 242 Å². The molecular weight excluding hydrogens is 542 g/mol. The van der Waals surface area contributed by atoms with Gasteiger partial charge in [-0.15, -0.1) is 0 Å². The zero-order chi connectivity index (χ0) is 30.0. The van der Waals surface area contributed by atoms with Gasteiger partial charge in [0.25, 0.3) is 0 Å². The monoisotopic (exact) mass is 572 g/mol. The van der Waals surface area contributed by atoms with Gasteiger partial charge in [-0.3, -0.25) is 14.5 Å². The maximum Gasteiger partial charge on any atom is 0.338 e. The predicted octanol–water partition coefficient (Wildman–Crippen LogP) is 5.49. The van der Waals surface area contributed by atoms with Crippen molar-refractivity contribution < 1.29 is 32.6 Å². The summed E-state index contributed by atoms with van der Waals surface area (Å²) in [7, 11) is 0. The minimum absolute atomic E-state index is 0.00678. The number of hydrogen-bond donors (Lipinski definition) is 1. The summed E-state index contributed by atoms with van der Waals surface area (Å²) in [5, 5.41) is 0. The molecule has 1 aliphatic heterocycles. The number of ether oxygens (including phenoxy) is 2. The fourth-order valence-corrected chi connectivity index (χ4v) is 5.85. The van der Waals surface area contributed by atoms with Crippen LogP contribution in [-0.4, -0.2) is 30.9 Å². The van der Waals surface area contributed by atoms with Crippen molar-refractivity contribution in [3.8, 4) is 0 Å². The Hall–Kier alpha value is -4.79. The van der Waals surface area contributed by atoms with Crippen LogP contribution in [0.2, 0.25) is 0 Å². The average molecular weight is 573 g/mol. The third-order valence-corrected chi connectivity index (χ3v) is 7.60. The van der Waals surface area contributed by atoms with Gasteiger partial charge in [-0.1, -0.05) is 54.6 Å². The lowest BCUT2D eigenvalue weighted by atomic mass is 9.67. The van der Waals surface area contributed by atoms with Crippen LogP contribution < -0.4 is 10.6 Å². The number of benzene rings is 3. The normalized spacial score (nSPS) is 20.3. The van der Waals surface area contributed by atoms with E-state index in [1.54, 1.807) is 32.0 Å². The molecule has 2 N–H and O–H groups in total. The number of rotatable bonds is 7. The number of para-hydroxylation sites is 1. The minimum Gasteiger partial charge on any atom is -0.465 e. The largest absolute Gasteiger partial charge is 0.465 e. The first-order valence-corrected chi connectivity index (χ1v) is 13.7. The van der Waals surface area contributed by atoms with Crippen molar-refractivity contribution in [1.29, 1.82) is 0 Å². The van der Waals surface area contributed by atoms with Gasteiger partial charge in [0.05, 0.1) is 30.4 Å². The molecular formula is C33H30F2N2O5. The number of carbonyl (C=O) groups is 3. The van der Waals surface area contributed by atoms with Crippen LogP contribution in [0.4, 0.5) is 14.5 Å². The van der Waals surface area contributed by atoms with Crippen LogP contribution in [0.5, 0.6) is 0 Å². The van der Waals surface area contributed by atoms with E-state index in [0.717, 1.165) is 0 Å². The van der Waals surface area contributed by atoms with Crippen LogP contribution in [-0.2, 0) is 23.9 Å². The molecule has 216 valence electrons. The van der Waals surface area contributed by atoms with Gasteiger partial charge in [0.1, 0.15) is 23.4 Å².